The molecule has 122 valence electrons. The predicted octanol–water partition coefficient (Wildman–Crippen LogP) is 2.72. The number of fused-ring (bicyclic) bond motifs is 1. The highest BCUT2D eigenvalue weighted by molar-refractivity contribution is 5.98. The number of amides is 1. The maximum absolute atomic E-state index is 12.1. The summed E-state index contributed by atoms with van der Waals surface area (Å²) >= 11 is 0. The number of esters is 1. The first kappa shape index (κ1) is 15.7. The van der Waals surface area contributed by atoms with E-state index in [1.54, 1.807) is 30.5 Å². The summed E-state index contributed by atoms with van der Waals surface area (Å²) in [7, 11) is 0. The van der Waals surface area contributed by atoms with Gasteiger partial charge in [0.05, 0.1) is 5.56 Å². The lowest BCUT2D eigenvalue weighted by molar-refractivity contribution is -0.123. The van der Waals surface area contributed by atoms with Crippen molar-refractivity contribution in [2.45, 2.75) is 20.0 Å². The van der Waals surface area contributed by atoms with Crippen molar-refractivity contribution in [2.75, 3.05) is 5.32 Å². The van der Waals surface area contributed by atoms with Crippen LogP contribution in [0.3, 0.4) is 0 Å². The van der Waals surface area contributed by atoms with Gasteiger partial charge in [-0.05, 0) is 43.7 Å². The van der Waals surface area contributed by atoms with Crippen LogP contribution in [0.4, 0.5) is 5.82 Å². The number of anilines is 1. The molecule has 0 aliphatic carbocycles. The van der Waals surface area contributed by atoms with Crippen molar-refractivity contribution < 1.29 is 18.7 Å². The van der Waals surface area contributed by atoms with Crippen LogP contribution < -0.4 is 5.32 Å². The molecule has 1 amide bonds. The Morgan fingerprint density at radius 3 is 2.79 bits per heavy atom. The second-order valence-corrected chi connectivity index (χ2v) is 5.29. The largest absolute Gasteiger partial charge is 0.449 e. The summed E-state index contributed by atoms with van der Waals surface area (Å²) in [4.78, 5) is 32.3. The van der Waals surface area contributed by atoms with Crippen LogP contribution in [-0.2, 0) is 9.53 Å². The van der Waals surface area contributed by atoms with Gasteiger partial charge in [-0.2, -0.15) is 0 Å². The minimum absolute atomic E-state index is 0.296. The van der Waals surface area contributed by atoms with E-state index < -0.39 is 18.0 Å². The van der Waals surface area contributed by atoms with Crippen LogP contribution in [0.15, 0.2) is 47.3 Å². The van der Waals surface area contributed by atoms with Crippen LogP contribution in [0.1, 0.15) is 22.8 Å². The van der Waals surface area contributed by atoms with Crippen molar-refractivity contribution in [2.24, 2.45) is 0 Å². The van der Waals surface area contributed by atoms with Gasteiger partial charge in [-0.1, -0.05) is 6.07 Å². The van der Waals surface area contributed by atoms with Gasteiger partial charge in [-0.3, -0.25) is 4.79 Å². The second-order valence-electron chi connectivity index (χ2n) is 5.29. The van der Waals surface area contributed by atoms with Crippen molar-refractivity contribution in [3.05, 3.63) is 54.0 Å². The Labute approximate surface area is 137 Å². The van der Waals surface area contributed by atoms with Gasteiger partial charge in [0.25, 0.3) is 5.91 Å². The van der Waals surface area contributed by atoms with Crippen LogP contribution in [0, 0.1) is 6.92 Å². The molecular weight excluding hydrogens is 310 g/mol. The molecule has 2 heterocycles. The van der Waals surface area contributed by atoms with E-state index in [-0.39, 0.29) is 0 Å². The van der Waals surface area contributed by atoms with Crippen molar-refractivity contribution >= 4 is 28.8 Å². The zero-order chi connectivity index (χ0) is 17.1. The number of benzene rings is 1. The van der Waals surface area contributed by atoms with Gasteiger partial charge in [0.15, 0.2) is 18.1 Å². The minimum Gasteiger partial charge on any atom is -0.449 e. The van der Waals surface area contributed by atoms with Crippen molar-refractivity contribution in [3.63, 3.8) is 0 Å². The fourth-order valence-corrected chi connectivity index (χ4v) is 2.04. The van der Waals surface area contributed by atoms with E-state index in [1.165, 1.54) is 13.3 Å². The highest BCUT2D eigenvalue weighted by Gasteiger charge is 2.20. The van der Waals surface area contributed by atoms with Crippen molar-refractivity contribution in [1.82, 2.24) is 9.97 Å². The molecule has 1 aromatic carbocycles. The molecule has 24 heavy (non-hydrogen) atoms. The zero-order valence-corrected chi connectivity index (χ0v) is 13.1. The van der Waals surface area contributed by atoms with Gasteiger partial charge in [-0.25, -0.2) is 14.8 Å². The SMILES string of the molecule is Cc1ccc(NC(=O)C(C)OC(=O)c2ccc3ocnc3c2)nc1. The third kappa shape index (κ3) is 3.40. The first-order valence-corrected chi connectivity index (χ1v) is 7.30. The number of carbonyl (C=O) groups is 2. The third-order valence-electron chi connectivity index (χ3n) is 3.38. The molecule has 1 N–H and O–H groups in total. The summed E-state index contributed by atoms with van der Waals surface area (Å²) in [5.74, 6) is -0.667. The maximum Gasteiger partial charge on any atom is 0.338 e. The summed E-state index contributed by atoms with van der Waals surface area (Å²) in [6.07, 6.45) is 1.97. The Hall–Kier alpha value is -3.22. The summed E-state index contributed by atoms with van der Waals surface area (Å²) in [5, 5.41) is 2.60. The number of ether oxygens (including phenoxy) is 1. The fourth-order valence-electron chi connectivity index (χ4n) is 2.04. The number of aromatic nitrogens is 2. The number of nitrogens with zero attached hydrogens (tertiary/aromatic N) is 2. The number of rotatable bonds is 4. The van der Waals surface area contributed by atoms with Crippen molar-refractivity contribution in [1.29, 1.82) is 0 Å². The lowest BCUT2D eigenvalue weighted by Gasteiger charge is -2.13. The maximum atomic E-state index is 12.1. The lowest BCUT2D eigenvalue weighted by atomic mass is 10.2. The number of oxazole rings is 1. The number of nitrogens with one attached hydrogen (secondary N) is 1. The van der Waals surface area contributed by atoms with Gasteiger partial charge < -0.3 is 14.5 Å². The molecule has 3 rings (SSSR count). The van der Waals surface area contributed by atoms with Gasteiger partial charge in [-0.15, -0.1) is 0 Å². The molecule has 0 fully saturated rings. The smallest absolute Gasteiger partial charge is 0.338 e. The lowest BCUT2D eigenvalue weighted by Crippen LogP contribution is -2.30. The van der Waals surface area contributed by atoms with Gasteiger partial charge >= 0.3 is 5.97 Å². The molecule has 0 radical (unpaired) electrons. The van der Waals surface area contributed by atoms with E-state index in [0.717, 1.165) is 5.56 Å². The van der Waals surface area contributed by atoms with E-state index in [4.69, 9.17) is 9.15 Å². The molecule has 7 heteroatoms. The predicted molar refractivity (Wildman–Crippen MR) is 86.5 cm³/mol. The Bertz CT molecular complexity index is 886. The van der Waals surface area contributed by atoms with E-state index >= 15 is 0 Å². The highest BCUT2D eigenvalue weighted by atomic mass is 16.5. The summed E-state index contributed by atoms with van der Waals surface area (Å²) in [6, 6.07) is 8.24. The average molecular weight is 325 g/mol. The topological polar surface area (TPSA) is 94.3 Å². The quantitative estimate of drug-likeness (QED) is 0.741. The second kappa shape index (κ2) is 6.49. The molecule has 1 atom stereocenters. The van der Waals surface area contributed by atoms with Crippen LogP contribution in [0.5, 0.6) is 0 Å². The molecule has 1 unspecified atom stereocenters. The van der Waals surface area contributed by atoms with E-state index in [9.17, 15) is 9.59 Å². The Morgan fingerprint density at radius 1 is 1.21 bits per heavy atom. The Kier molecular flexibility index (Phi) is 4.24. The number of carbonyl (C=O) groups excluding carboxylic acids is 2. The van der Waals surface area contributed by atoms with Gasteiger partial charge in [0.1, 0.15) is 11.3 Å². The molecular formula is C17H15N3O4. The Balaban J connectivity index is 1.64. The van der Waals surface area contributed by atoms with Crippen molar-refractivity contribution in [3.8, 4) is 0 Å². The third-order valence-corrected chi connectivity index (χ3v) is 3.38. The van der Waals surface area contributed by atoms with Crippen LogP contribution in [0.25, 0.3) is 11.1 Å². The molecule has 3 aromatic rings. The van der Waals surface area contributed by atoms with Gasteiger partial charge in [0.2, 0.25) is 0 Å². The van der Waals surface area contributed by atoms with Crippen LogP contribution in [0.2, 0.25) is 0 Å². The number of hydrogen-bond acceptors (Lipinski definition) is 6. The monoisotopic (exact) mass is 325 g/mol. The zero-order valence-electron chi connectivity index (χ0n) is 13.1. The van der Waals surface area contributed by atoms with Crippen LogP contribution >= 0.6 is 0 Å². The van der Waals surface area contributed by atoms with E-state index in [2.05, 4.69) is 15.3 Å². The molecule has 0 saturated heterocycles. The average Bonchev–Trinajstić information content (AvgIpc) is 3.04. The summed E-state index contributed by atoms with van der Waals surface area (Å²) < 4.78 is 10.3. The molecule has 0 aliphatic rings. The first-order chi connectivity index (χ1) is 11.5. The first-order valence-electron chi connectivity index (χ1n) is 7.30. The summed E-state index contributed by atoms with van der Waals surface area (Å²) in [5.41, 5.74) is 2.40. The Morgan fingerprint density at radius 2 is 2.04 bits per heavy atom. The van der Waals surface area contributed by atoms with Gasteiger partial charge in [0, 0.05) is 6.20 Å². The number of aryl methyl sites for hydroxylation is 1. The molecule has 7 nitrogen and oxygen atoms in total. The highest BCUT2D eigenvalue weighted by Crippen LogP contribution is 2.15. The van der Waals surface area contributed by atoms with Crippen LogP contribution in [-0.4, -0.2) is 27.9 Å². The summed E-state index contributed by atoms with van der Waals surface area (Å²) in [6.45, 7) is 3.39. The fraction of sp³-hybridized carbons (Fsp3) is 0.176. The molecule has 2 aromatic heterocycles. The van der Waals surface area contributed by atoms with E-state index in [1.807, 2.05) is 13.0 Å². The molecule has 0 saturated carbocycles. The molecule has 0 spiro atoms. The standard InChI is InChI=1S/C17H15N3O4/c1-10-3-6-15(18-8-10)20-16(21)11(2)24-17(22)12-4-5-14-13(7-12)19-9-23-14/h3-9,11H,1-2H3,(H,18,20,21). The normalized spacial score (nSPS) is 11.9. The molecule has 0 aliphatic heterocycles. The minimum atomic E-state index is -0.964. The number of hydrogen-bond donors (Lipinski definition) is 1. The van der Waals surface area contributed by atoms with E-state index in [0.29, 0.717) is 22.5 Å². The number of pyridine rings is 1. The molecule has 0 bridgehead atoms.